The molecule has 0 fully saturated rings. The van der Waals surface area contributed by atoms with Gasteiger partial charge in [-0.3, -0.25) is 0 Å². The minimum atomic E-state index is 0.621. The first kappa shape index (κ1) is 8.46. The maximum Gasteiger partial charge on any atom is 0.0433 e. The third-order valence-electron chi connectivity index (χ3n) is 1.13. The van der Waals surface area contributed by atoms with Gasteiger partial charge in [-0.25, -0.2) is 0 Å². The largest absolute Gasteiger partial charge is 0.101 e. The van der Waals surface area contributed by atoms with Crippen LogP contribution in [0.5, 0.6) is 0 Å². The maximum atomic E-state index is 5.73. The van der Waals surface area contributed by atoms with Crippen LogP contribution >= 0.6 is 23.2 Å². The number of rotatable bonds is 0. The molecule has 0 unspecified atom stereocenters. The Morgan fingerprint density at radius 1 is 1.09 bits per heavy atom. The Balaban J connectivity index is 3.15. The molecule has 0 N–H and O–H groups in total. The summed E-state index contributed by atoms with van der Waals surface area (Å²) in [5.74, 6) is 5.64. The van der Waals surface area contributed by atoms with Crippen LogP contribution in [0, 0.1) is 11.8 Å². The zero-order valence-electron chi connectivity index (χ0n) is 5.99. The third-order valence-corrected chi connectivity index (χ3v) is 1.57. The predicted molar refractivity (Wildman–Crippen MR) is 49.0 cm³/mol. The van der Waals surface area contributed by atoms with Crippen molar-refractivity contribution in [3.63, 3.8) is 0 Å². The fraction of sp³-hybridized carbons (Fsp3) is 0.111. The van der Waals surface area contributed by atoms with E-state index < -0.39 is 0 Å². The van der Waals surface area contributed by atoms with Crippen LogP contribution < -0.4 is 0 Å². The van der Waals surface area contributed by atoms with Crippen LogP contribution in [0.1, 0.15) is 12.5 Å². The minimum absolute atomic E-state index is 0.621. The number of benzene rings is 1. The Kier molecular flexibility index (Phi) is 2.82. The zero-order chi connectivity index (χ0) is 8.27. The summed E-state index contributed by atoms with van der Waals surface area (Å²) in [6, 6.07) is 5.25. The zero-order valence-corrected chi connectivity index (χ0v) is 7.50. The first-order valence-electron chi connectivity index (χ1n) is 3.11. The summed E-state index contributed by atoms with van der Waals surface area (Å²) < 4.78 is 0. The summed E-state index contributed by atoms with van der Waals surface area (Å²) in [7, 11) is 0. The van der Waals surface area contributed by atoms with E-state index >= 15 is 0 Å². The summed E-state index contributed by atoms with van der Waals surface area (Å²) in [6.07, 6.45) is 0. The van der Waals surface area contributed by atoms with Crippen molar-refractivity contribution in [1.29, 1.82) is 0 Å². The van der Waals surface area contributed by atoms with Crippen LogP contribution in [-0.4, -0.2) is 0 Å². The maximum absolute atomic E-state index is 5.73. The highest BCUT2D eigenvalue weighted by Crippen LogP contribution is 2.18. The first-order chi connectivity index (χ1) is 5.22. The average Bonchev–Trinajstić information content (AvgIpc) is 1.85. The van der Waals surface area contributed by atoms with Gasteiger partial charge in [0.15, 0.2) is 0 Å². The van der Waals surface area contributed by atoms with Gasteiger partial charge in [0, 0.05) is 15.6 Å². The second kappa shape index (κ2) is 3.67. The van der Waals surface area contributed by atoms with Crippen LogP contribution in [0.15, 0.2) is 18.2 Å². The second-order valence-electron chi connectivity index (χ2n) is 2.03. The Morgan fingerprint density at radius 2 is 1.64 bits per heavy atom. The van der Waals surface area contributed by atoms with Crippen molar-refractivity contribution in [2.45, 2.75) is 6.92 Å². The van der Waals surface area contributed by atoms with Crippen LogP contribution in [0.4, 0.5) is 0 Å². The van der Waals surface area contributed by atoms with Crippen molar-refractivity contribution in [2.75, 3.05) is 0 Å². The van der Waals surface area contributed by atoms with E-state index in [9.17, 15) is 0 Å². The molecule has 2 heteroatoms. The van der Waals surface area contributed by atoms with Crippen molar-refractivity contribution in [2.24, 2.45) is 0 Å². The highest BCUT2D eigenvalue weighted by molar-refractivity contribution is 6.34. The monoisotopic (exact) mass is 184 g/mol. The van der Waals surface area contributed by atoms with Crippen LogP contribution in [0.3, 0.4) is 0 Å². The number of hydrogen-bond donors (Lipinski definition) is 0. The van der Waals surface area contributed by atoms with Crippen LogP contribution in [-0.2, 0) is 0 Å². The van der Waals surface area contributed by atoms with Crippen molar-refractivity contribution in [1.82, 2.24) is 0 Å². The molecule has 1 aromatic rings. The highest BCUT2D eigenvalue weighted by atomic mass is 35.5. The van der Waals surface area contributed by atoms with Crippen molar-refractivity contribution in [3.8, 4) is 11.8 Å². The Labute approximate surface area is 76.1 Å². The Hall–Kier alpha value is -0.640. The van der Waals surface area contributed by atoms with Crippen molar-refractivity contribution in [3.05, 3.63) is 33.8 Å². The molecule has 1 aromatic carbocycles. The normalized spacial score (nSPS) is 8.64. The topological polar surface area (TPSA) is 0 Å². The van der Waals surface area contributed by atoms with Gasteiger partial charge >= 0.3 is 0 Å². The molecule has 0 spiro atoms. The molecule has 0 amide bonds. The van der Waals surface area contributed by atoms with Crippen LogP contribution in [0.2, 0.25) is 10.0 Å². The molecule has 0 bridgehead atoms. The molecule has 0 saturated carbocycles. The number of hydrogen-bond acceptors (Lipinski definition) is 0. The minimum Gasteiger partial charge on any atom is -0.101 e. The molecule has 11 heavy (non-hydrogen) atoms. The van der Waals surface area contributed by atoms with Gasteiger partial charge in [-0.15, -0.1) is 5.92 Å². The number of halogens is 2. The summed E-state index contributed by atoms with van der Waals surface area (Å²) in [5, 5.41) is 1.24. The molecule has 0 aromatic heterocycles. The molecular weight excluding hydrogens is 179 g/mol. The highest BCUT2D eigenvalue weighted by Gasteiger charge is 1.93. The van der Waals surface area contributed by atoms with E-state index in [1.807, 2.05) is 0 Å². The lowest BCUT2D eigenvalue weighted by molar-refractivity contribution is 1.64. The summed E-state index contributed by atoms with van der Waals surface area (Å²) in [4.78, 5) is 0. The molecule has 0 radical (unpaired) electrons. The quantitative estimate of drug-likeness (QED) is 0.543. The lowest BCUT2D eigenvalue weighted by Crippen LogP contribution is -1.73. The van der Waals surface area contributed by atoms with E-state index in [4.69, 9.17) is 23.2 Å². The molecule has 0 saturated heterocycles. The van der Waals surface area contributed by atoms with E-state index in [0.29, 0.717) is 10.0 Å². The van der Waals surface area contributed by atoms with Gasteiger partial charge in [-0.1, -0.05) is 29.1 Å². The fourth-order valence-corrected chi connectivity index (χ4v) is 1.30. The fourth-order valence-electron chi connectivity index (χ4n) is 0.770. The predicted octanol–water partition coefficient (Wildman–Crippen LogP) is 3.36. The van der Waals surface area contributed by atoms with Gasteiger partial charge in [0.25, 0.3) is 0 Å². The third kappa shape index (κ3) is 2.46. The summed E-state index contributed by atoms with van der Waals surface area (Å²) in [6.45, 7) is 1.77. The molecule has 1 rings (SSSR count). The lowest BCUT2D eigenvalue weighted by atomic mass is 10.2. The molecule has 0 atom stereocenters. The summed E-state index contributed by atoms with van der Waals surface area (Å²) in [5.41, 5.74) is 0.852. The van der Waals surface area contributed by atoms with E-state index in [2.05, 4.69) is 11.8 Å². The molecule has 0 aliphatic rings. The van der Waals surface area contributed by atoms with E-state index in [1.54, 1.807) is 25.1 Å². The van der Waals surface area contributed by atoms with Gasteiger partial charge in [-0.2, -0.15) is 0 Å². The standard InChI is InChI=1S/C9H6Cl2/c1-2-3-7-4-8(10)6-9(11)5-7/h4-6H,1H3. The molecule has 0 aliphatic heterocycles. The molecule has 0 heterocycles. The molecule has 56 valence electrons. The van der Waals surface area contributed by atoms with E-state index in [0.717, 1.165) is 5.56 Å². The second-order valence-corrected chi connectivity index (χ2v) is 2.91. The average molecular weight is 185 g/mol. The van der Waals surface area contributed by atoms with Gasteiger partial charge < -0.3 is 0 Å². The van der Waals surface area contributed by atoms with Gasteiger partial charge in [0.1, 0.15) is 0 Å². The SMILES string of the molecule is CC#Cc1cc(Cl)cc(Cl)c1. The van der Waals surface area contributed by atoms with Crippen molar-refractivity contribution >= 4 is 23.2 Å². The van der Waals surface area contributed by atoms with Gasteiger partial charge in [0.05, 0.1) is 0 Å². The van der Waals surface area contributed by atoms with Crippen LogP contribution in [0.25, 0.3) is 0 Å². The van der Waals surface area contributed by atoms with E-state index in [1.165, 1.54) is 0 Å². The molecular formula is C9H6Cl2. The van der Waals surface area contributed by atoms with Crippen molar-refractivity contribution < 1.29 is 0 Å². The summed E-state index contributed by atoms with van der Waals surface area (Å²) >= 11 is 11.5. The smallest absolute Gasteiger partial charge is 0.0433 e. The van der Waals surface area contributed by atoms with E-state index in [-0.39, 0.29) is 0 Å². The Bertz CT molecular complexity index is 298. The van der Waals surface area contributed by atoms with Gasteiger partial charge in [-0.05, 0) is 25.1 Å². The first-order valence-corrected chi connectivity index (χ1v) is 3.87. The lowest BCUT2D eigenvalue weighted by Gasteiger charge is -1.93. The van der Waals surface area contributed by atoms with Gasteiger partial charge in [0.2, 0.25) is 0 Å². The molecule has 0 aliphatic carbocycles. The Morgan fingerprint density at radius 3 is 2.09 bits per heavy atom. The molecule has 0 nitrogen and oxygen atoms in total.